The quantitative estimate of drug-likeness (QED) is 0.359. The average molecular weight is 474 g/mol. The molecule has 4 rings (SSSR count). The molecule has 4 aromatic rings. The van der Waals surface area contributed by atoms with Gasteiger partial charge in [0.25, 0.3) is 5.56 Å². The summed E-state index contributed by atoms with van der Waals surface area (Å²) in [5, 5.41) is 3.09. The van der Waals surface area contributed by atoms with Crippen LogP contribution in [-0.2, 0) is 19.1 Å². The maximum atomic E-state index is 13.2. The summed E-state index contributed by atoms with van der Waals surface area (Å²) < 4.78 is 52.7. The predicted octanol–water partition coefficient (Wildman–Crippen LogP) is 3.98. The molecule has 0 fully saturated rings. The lowest BCUT2D eigenvalue weighted by Gasteiger charge is -2.12. The largest absolute Gasteiger partial charge is 0.493 e. The summed E-state index contributed by atoms with van der Waals surface area (Å²) in [6.45, 7) is 2.11. The molecule has 0 unspecified atom stereocenters. The number of alkyl halides is 3. The normalized spacial score (nSPS) is 11.8. The van der Waals surface area contributed by atoms with E-state index >= 15 is 0 Å². The summed E-state index contributed by atoms with van der Waals surface area (Å²) in [6.07, 6.45) is -0.297. The summed E-state index contributed by atoms with van der Waals surface area (Å²) in [5.74, 6) is 0.769. The van der Waals surface area contributed by atoms with Gasteiger partial charge in [-0.15, -0.1) is 0 Å². The predicted molar refractivity (Wildman–Crippen MR) is 117 cm³/mol. The molecule has 0 N–H and O–H groups in total. The number of aryl methyl sites for hydroxylation is 1. The van der Waals surface area contributed by atoms with E-state index in [0.717, 1.165) is 4.57 Å². The van der Waals surface area contributed by atoms with E-state index in [1.807, 2.05) is 6.92 Å². The number of pyridine rings is 1. The molecule has 1 aromatic carbocycles. The SMILES string of the molecule is CCCc1c(OCCCn2c(=O)ccn(-c3ccccn3)c2=O)ccc2c(C(F)(F)F)noc12. The number of ether oxygens (including phenoxy) is 1. The smallest absolute Gasteiger partial charge is 0.437 e. The van der Waals surface area contributed by atoms with Gasteiger partial charge >= 0.3 is 11.9 Å². The maximum Gasteiger partial charge on any atom is 0.437 e. The average Bonchev–Trinajstić information content (AvgIpc) is 3.25. The van der Waals surface area contributed by atoms with Crippen LogP contribution in [0.2, 0.25) is 0 Å². The number of benzene rings is 1. The van der Waals surface area contributed by atoms with Crippen molar-refractivity contribution < 1.29 is 22.4 Å². The third kappa shape index (κ3) is 4.59. The van der Waals surface area contributed by atoms with Gasteiger partial charge in [0, 0.05) is 30.6 Å². The highest BCUT2D eigenvalue weighted by atomic mass is 19.4. The molecule has 0 amide bonds. The first-order valence-electron chi connectivity index (χ1n) is 10.7. The Morgan fingerprint density at radius 3 is 2.65 bits per heavy atom. The Balaban J connectivity index is 1.51. The summed E-state index contributed by atoms with van der Waals surface area (Å²) >= 11 is 0. The number of nitrogens with zero attached hydrogens (tertiary/aromatic N) is 4. The molecular weight excluding hydrogens is 453 g/mol. The Bertz CT molecular complexity index is 1410. The molecule has 0 atom stereocenters. The van der Waals surface area contributed by atoms with Gasteiger partial charge < -0.3 is 9.26 Å². The maximum absolute atomic E-state index is 13.2. The molecule has 0 bridgehead atoms. The molecule has 0 saturated heterocycles. The van der Waals surface area contributed by atoms with E-state index in [-0.39, 0.29) is 24.1 Å². The van der Waals surface area contributed by atoms with Crippen molar-refractivity contribution in [2.75, 3.05) is 6.61 Å². The molecular formula is C23H21F3N4O4. The van der Waals surface area contributed by atoms with Crippen molar-refractivity contribution in [2.45, 2.75) is 38.9 Å². The van der Waals surface area contributed by atoms with Gasteiger partial charge in [0.05, 0.1) is 12.0 Å². The van der Waals surface area contributed by atoms with E-state index in [4.69, 9.17) is 9.26 Å². The van der Waals surface area contributed by atoms with Crippen molar-refractivity contribution in [3.8, 4) is 11.6 Å². The molecule has 11 heteroatoms. The zero-order valence-electron chi connectivity index (χ0n) is 18.2. The van der Waals surface area contributed by atoms with Crippen LogP contribution >= 0.6 is 0 Å². The summed E-state index contributed by atoms with van der Waals surface area (Å²) in [6, 6.07) is 9.12. The van der Waals surface area contributed by atoms with Crippen LogP contribution in [-0.4, -0.2) is 25.9 Å². The van der Waals surface area contributed by atoms with E-state index in [1.54, 1.807) is 24.4 Å². The van der Waals surface area contributed by atoms with Gasteiger partial charge in [-0.3, -0.25) is 13.9 Å². The zero-order valence-corrected chi connectivity index (χ0v) is 18.2. The topological polar surface area (TPSA) is 92.2 Å². The lowest BCUT2D eigenvalue weighted by atomic mass is 10.0. The highest BCUT2D eigenvalue weighted by molar-refractivity contribution is 5.85. The lowest BCUT2D eigenvalue weighted by Crippen LogP contribution is -2.38. The second kappa shape index (κ2) is 9.54. The van der Waals surface area contributed by atoms with Crippen LogP contribution in [0.5, 0.6) is 5.75 Å². The lowest BCUT2D eigenvalue weighted by molar-refractivity contribution is -0.141. The standard InChI is InChI=1S/C23H21F3N4O4/c1-2-6-15-17(9-8-16-20(15)34-28-21(16)23(24,25)26)33-14-5-12-30-19(31)10-13-29(22(30)32)18-7-3-4-11-27-18/h3-4,7-11,13H,2,5-6,12,14H2,1H3. The van der Waals surface area contributed by atoms with Crippen molar-refractivity contribution in [3.05, 3.63) is 80.9 Å². The molecule has 3 aromatic heterocycles. The van der Waals surface area contributed by atoms with Gasteiger partial charge in [0.2, 0.25) is 0 Å². The van der Waals surface area contributed by atoms with Crippen molar-refractivity contribution in [1.29, 1.82) is 0 Å². The number of rotatable bonds is 8. The van der Waals surface area contributed by atoms with Gasteiger partial charge in [0.1, 0.15) is 11.6 Å². The third-order valence-electron chi connectivity index (χ3n) is 5.22. The highest BCUT2D eigenvalue weighted by Gasteiger charge is 2.37. The van der Waals surface area contributed by atoms with E-state index in [9.17, 15) is 22.8 Å². The molecule has 178 valence electrons. The van der Waals surface area contributed by atoms with Crippen LogP contribution in [0, 0.1) is 0 Å². The Morgan fingerprint density at radius 2 is 1.94 bits per heavy atom. The van der Waals surface area contributed by atoms with E-state index < -0.39 is 23.1 Å². The van der Waals surface area contributed by atoms with Crippen LogP contribution in [0.4, 0.5) is 13.2 Å². The van der Waals surface area contributed by atoms with Gasteiger partial charge in [-0.1, -0.05) is 24.6 Å². The van der Waals surface area contributed by atoms with Gasteiger partial charge in [-0.05, 0) is 37.1 Å². The Labute approximate surface area is 191 Å². The molecule has 0 radical (unpaired) electrons. The number of hydrogen-bond acceptors (Lipinski definition) is 6. The second-order valence-corrected chi connectivity index (χ2v) is 7.55. The van der Waals surface area contributed by atoms with E-state index in [2.05, 4.69) is 10.1 Å². The third-order valence-corrected chi connectivity index (χ3v) is 5.22. The van der Waals surface area contributed by atoms with E-state index in [0.29, 0.717) is 36.4 Å². The van der Waals surface area contributed by atoms with Gasteiger partial charge in [-0.2, -0.15) is 13.2 Å². The van der Waals surface area contributed by atoms with Crippen LogP contribution in [0.15, 0.2) is 62.9 Å². The molecule has 0 aliphatic rings. The number of fused-ring (bicyclic) bond motifs is 1. The van der Waals surface area contributed by atoms with Crippen LogP contribution in [0.25, 0.3) is 16.8 Å². The van der Waals surface area contributed by atoms with Crippen molar-refractivity contribution >= 4 is 11.0 Å². The molecule has 3 heterocycles. The molecule has 34 heavy (non-hydrogen) atoms. The first-order chi connectivity index (χ1) is 16.3. The van der Waals surface area contributed by atoms with E-state index in [1.165, 1.54) is 29.0 Å². The molecule has 0 aliphatic carbocycles. The summed E-state index contributed by atoms with van der Waals surface area (Å²) in [7, 11) is 0. The van der Waals surface area contributed by atoms with Crippen LogP contribution in [0.3, 0.4) is 0 Å². The molecule has 0 aliphatic heterocycles. The first kappa shape index (κ1) is 23.3. The minimum atomic E-state index is -4.62. The number of hydrogen-bond donors (Lipinski definition) is 0. The summed E-state index contributed by atoms with van der Waals surface area (Å²) in [4.78, 5) is 29.1. The minimum Gasteiger partial charge on any atom is -0.493 e. The number of halogens is 3. The highest BCUT2D eigenvalue weighted by Crippen LogP contribution is 2.38. The molecule has 0 saturated carbocycles. The fraction of sp³-hybridized carbons (Fsp3) is 0.304. The van der Waals surface area contributed by atoms with Crippen LogP contribution < -0.4 is 16.0 Å². The van der Waals surface area contributed by atoms with Crippen LogP contribution in [0.1, 0.15) is 31.0 Å². The fourth-order valence-corrected chi connectivity index (χ4v) is 3.66. The second-order valence-electron chi connectivity index (χ2n) is 7.55. The Hall–Kier alpha value is -3.89. The van der Waals surface area contributed by atoms with Gasteiger partial charge in [-0.25, -0.2) is 9.78 Å². The minimum absolute atomic E-state index is 0.0456. The Morgan fingerprint density at radius 1 is 1.12 bits per heavy atom. The van der Waals surface area contributed by atoms with Crippen molar-refractivity contribution in [3.63, 3.8) is 0 Å². The molecule has 0 spiro atoms. The Kier molecular flexibility index (Phi) is 6.53. The molecule has 8 nitrogen and oxygen atoms in total. The first-order valence-corrected chi connectivity index (χ1v) is 10.7. The van der Waals surface area contributed by atoms with Crippen molar-refractivity contribution in [1.82, 2.24) is 19.3 Å². The monoisotopic (exact) mass is 474 g/mol. The zero-order chi connectivity index (χ0) is 24.3. The summed E-state index contributed by atoms with van der Waals surface area (Å²) in [5.41, 5.74) is -1.51. The fourth-order valence-electron chi connectivity index (χ4n) is 3.66. The number of aromatic nitrogens is 4. The van der Waals surface area contributed by atoms with Crippen molar-refractivity contribution in [2.24, 2.45) is 0 Å². The van der Waals surface area contributed by atoms with Gasteiger partial charge in [0.15, 0.2) is 11.3 Å².